The van der Waals surface area contributed by atoms with Crippen LogP contribution in [-0.2, 0) is 11.8 Å². The van der Waals surface area contributed by atoms with Crippen molar-refractivity contribution in [1.82, 2.24) is 20.3 Å². The molecule has 2 heterocycles. The number of aromatic amines is 1. The third-order valence-electron chi connectivity index (χ3n) is 5.93. The van der Waals surface area contributed by atoms with Gasteiger partial charge in [-0.2, -0.15) is 13.2 Å². The van der Waals surface area contributed by atoms with Crippen molar-refractivity contribution in [2.24, 2.45) is 0 Å². The minimum Gasteiger partial charge on any atom is -0.508 e. The molecule has 1 unspecified atom stereocenters. The lowest BCUT2D eigenvalue weighted by Crippen LogP contribution is -2.50. The second kappa shape index (κ2) is 17.6. The van der Waals surface area contributed by atoms with E-state index in [-0.39, 0.29) is 5.75 Å². The average Bonchev–Trinajstić information content (AvgIpc) is 3.33. The highest BCUT2D eigenvalue weighted by molar-refractivity contribution is 5.64. The van der Waals surface area contributed by atoms with Gasteiger partial charge in [0.1, 0.15) is 12.1 Å². The van der Waals surface area contributed by atoms with Crippen molar-refractivity contribution in [3.63, 3.8) is 0 Å². The van der Waals surface area contributed by atoms with Crippen LogP contribution in [0.25, 0.3) is 11.1 Å². The number of aromatic nitrogens is 3. The summed E-state index contributed by atoms with van der Waals surface area (Å²) in [6.45, 7) is 22.7. The Bertz CT molecular complexity index is 1160. The molecule has 9 heteroatoms. The fraction of sp³-hybridized carbons (Fsp3) is 0.500. The van der Waals surface area contributed by atoms with Gasteiger partial charge in [0.25, 0.3) is 0 Å². The van der Waals surface area contributed by atoms with E-state index in [4.69, 9.17) is 0 Å². The Morgan fingerprint density at radius 3 is 2.02 bits per heavy atom. The quantitative estimate of drug-likeness (QED) is 0.194. The maximum Gasteiger partial charge on any atom is 0.417 e. The van der Waals surface area contributed by atoms with Gasteiger partial charge in [-0.3, -0.25) is 0 Å². The first-order valence-corrected chi connectivity index (χ1v) is 14.1. The van der Waals surface area contributed by atoms with Crippen molar-refractivity contribution in [3.8, 4) is 16.9 Å². The molecule has 0 aliphatic heterocycles. The molecular formula is C32H49F3N4O2. The Morgan fingerprint density at radius 1 is 1.00 bits per heavy atom. The molecule has 4 N–H and O–H groups in total. The van der Waals surface area contributed by atoms with Crippen molar-refractivity contribution in [1.29, 1.82) is 0 Å². The number of phenols is 1. The summed E-state index contributed by atoms with van der Waals surface area (Å²) in [6.07, 6.45) is -1.57. The minimum absolute atomic E-state index is 0.138. The van der Waals surface area contributed by atoms with Crippen LogP contribution in [0.15, 0.2) is 61.2 Å². The van der Waals surface area contributed by atoms with E-state index in [0.29, 0.717) is 28.1 Å². The highest BCUT2D eigenvalue weighted by atomic mass is 19.4. The van der Waals surface area contributed by atoms with Crippen LogP contribution in [0.5, 0.6) is 5.75 Å². The predicted molar refractivity (Wildman–Crippen MR) is 163 cm³/mol. The van der Waals surface area contributed by atoms with Crippen LogP contribution in [0, 0.1) is 6.92 Å². The van der Waals surface area contributed by atoms with E-state index in [1.165, 1.54) is 24.0 Å². The number of nitrogens with zero attached hydrogens (tertiary/aromatic N) is 2. The SMILES string of the molecule is C=C(C)CNCC.CC.CC.Cc1ccc(CC(O)(CC(C)(C)c2cc(-c3cncnc3)ccc2O)C(F)(F)F)[nH]1. The molecule has 0 fully saturated rings. The summed E-state index contributed by atoms with van der Waals surface area (Å²) < 4.78 is 41.8. The summed E-state index contributed by atoms with van der Waals surface area (Å²) in [6, 6.07) is 7.89. The number of likely N-dealkylation sites (N-methyl/N-ethyl adjacent to an activating group) is 1. The zero-order valence-electron chi connectivity index (χ0n) is 26.1. The maximum atomic E-state index is 13.9. The van der Waals surface area contributed by atoms with E-state index >= 15 is 0 Å². The van der Waals surface area contributed by atoms with E-state index in [1.54, 1.807) is 51.4 Å². The highest BCUT2D eigenvalue weighted by Crippen LogP contribution is 2.45. The number of rotatable bonds is 9. The van der Waals surface area contributed by atoms with E-state index in [1.807, 2.05) is 34.6 Å². The number of nitrogens with one attached hydrogen (secondary N) is 2. The molecule has 3 rings (SSSR count). The molecule has 0 saturated heterocycles. The summed E-state index contributed by atoms with van der Waals surface area (Å²) in [5.41, 5.74) is -0.342. The topological polar surface area (TPSA) is 94.1 Å². The van der Waals surface area contributed by atoms with Crippen molar-refractivity contribution in [3.05, 3.63) is 78.2 Å². The third kappa shape index (κ3) is 12.1. The zero-order chi connectivity index (χ0) is 31.9. The molecule has 0 spiro atoms. The van der Waals surface area contributed by atoms with Gasteiger partial charge in [-0.25, -0.2) is 9.97 Å². The average molecular weight is 579 g/mol. The van der Waals surface area contributed by atoms with Gasteiger partial charge in [-0.1, -0.05) is 66.7 Å². The van der Waals surface area contributed by atoms with Crippen molar-refractivity contribution < 1.29 is 23.4 Å². The number of hydrogen-bond acceptors (Lipinski definition) is 5. The number of halogens is 3. The van der Waals surface area contributed by atoms with Crippen LogP contribution in [-0.4, -0.2) is 50.0 Å². The summed E-state index contributed by atoms with van der Waals surface area (Å²) in [5.74, 6) is -0.138. The molecule has 230 valence electrons. The minimum atomic E-state index is -4.86. The monoisotopic (exact) mass is 578 g/mol. The smallest absolute Gasteiger partial charge is 0.417 e. The number of benzene rings is 1. The summed E-state index contributed by atoms with van der Waals surface area (Å²) in [4.78, 5) is 10.7. The van der Waals surface area contributed by atoms with Crippen LogP contribution in [0.4, 0.5) is 13.2 Å². The normalized spacial score (nSPS) is 12.4. The number of aryl methyl sites for hydroxylation is 1. The molecule has 3 aromatic rings. The molecule has 0 bridgehead atoms. The molecule has 0 aliphatic carbocycles. The van der Waals surface area contributed by atoms with Crippen LogP contribution >= 0.6 is 0 Å². The molecule has 0 aliphatic rings. The van der Waals surface area contributed by atoms with Crippen molar-refractivity contribution in [2.75, 3.05) is 13.1 Å². The molecular weight excluding hydrogens is 529 g/mol. The van der Waals surface area contributed by atoms with Crippen LogP contribution < -0.4 is 5.32 Å². The predicted octanol–water partition coefficient (Wildman–Crippen LogP) is 7.91. The maximum absolute atomic E-state index is 13.9. The van der Waals surface area contributed by atoms with Gasteiger partial charge in [0.2, 0.25) is 0 Å². The molecule has 41 heavy (non-hydrogen) atoms. The summed E-state index contributed by atoms with van der Waals surface area (Å²) in [7, 11) is 0. The zero-order valence-corrected chi connectivity index (χ0v) is 26.1. The van der Waals surface area contributed by atoms with Gasteiger partial charge >= 0.3 is 6.18 Å². The van der Waals surface area contributed by atoms with Crippen molar-refractivity contribution >= 4 is 0 Å². The fourth-order valence-electron chi connectivity index (χ4n) is 4.11. The molecule has 0 radical (unpaired) electrons. The number of alkyl halides is 3. The Morgan fingerprint density at radius 2 is 1.59 bits per heavy atom. The van der Waals surface area contributed by atoms with Crippen LogP contribution in [0.3, 0.4) is 0 Å². The van der Waals surface area contributed by atoms with E-state index in [0.717, 1.165) is 13.1 Å². The number of H-pyrrole nitrogens is 1. The van der Waals surface area contributed by atoms with Gasteiger partial charge in [-0.05, 0) is 62.1 Å². The number of phenolic OH excluding ortho intramolecular Hbond substituents is 1. The Balaban J connectivity index is 0.00000125. The van der Waals surface area contributed by atoms with Crippen LogP contribution in [0.2, 0.25) is 0 Å². The molecule has 0 saturated carbocycles. The van der Waals surface area contributed by atoms with E-state index in [2.05, 4.69) is 33.8 Å². The Kier molecular flexibility index (Phi) is 16.2. The third-order valence-corrected chi connectivity index (χ3v) is 5.93. The van der Waals surface area contributed by atoms with E-state index < -0.39 is 30.0 Å². The summed E-state index contributed by atoms with van der Waals surface area (Å²) in [5, 5.41) is 24.3. The largest absolute Gasteiger partial charge is 0.508 e. The summed E-state index contributed by atoms with van der Waals surface area (Å²) >= 11 is 0. The van der Waals surface area contributed by atoms with Crippen LogP contribution in [0.1, 0.15) is 78.8 Å². The first-order valence-electron chi connectivity index (χ1n) is 14.1. The number of aliphatic hydroxyl groups is 1. The van der Waals surface area contributed by atoms with Crippen molar-refractivity contribution in [2.45, 2.75) is 92.3 Å². The molecule has 2 aromatic heterocycles. The van der Waals surface area contributed by atoms with Gasteiger partial charge < -0.3 is 20.5 Å². The van der Waals surface area contributed by atoms with Gasteiger partial charge in [0.05, 0.1) is 0 Å². The Labute approximate surface area is 244 Å². The molecule has 1 atom stereocenters. The first-order chi connectivity index (χ1) is 19.2. The molecule has 6 nitrogen and oxygen atoms in total. The van der Waals surface area contributed by atoms with E-state index in [9.17, 15) is 23.4 Å². The lowest BCUT2D eigenvalue weighted by atomic mass is 9.72. The second-order valence-electron chi connectivity index (χ2n) is 10.0. The number of hydrogen-bond donors (Lipinski definition) is 4. The Hall–Kier alpha value is -3.17. The van der Waals surface area contributed by atoms with Gasteiger partial charge in [0.15, 0.2) is 5.60 Å². The first kappa shape index (κ1) is 37.8. The number of aromatic hydroxyl groups is 1. The fourth-order valence-corrected chi connectivity index (χ4v) is 4.11. The molecule has 0 amide bonds. The molecule has 1 aromatic carbocycles. The van der Waals surface area contributed by atoms with Gasteiger partial charge in [-0.15, -0.1) is 0 Å². The highest BCUT2D eigenvalue weighted by Gasteiger charge is 2.56. The standard InChI is InChI=1S/C22H24F3N3O2.C6H13N.2C2H6/c1-14-4-6-17(28-14)9-21(30,22(23,24)25)12-20(2,3)18-8-15(5-7-19(18)29)16-10-26-13-27-11-16;1-4-7-5-6(2)3;2*1-2/h4-8,10-11,13,28-30H,9,12H2,1-3H3;7H,2,4-5H2,1,3H3;2*1-2H3. The second-order valence-corrected chi connectivity index (χ2v) is 10.0. The van der Waals surface area contributed by atoms with Gasteiger partial charge in [0, 0.05) is 47.9 Å². The lowest BCUT2D eigenvalue weighted by Gasteiger charge is -2.38. The lowest BCUT2D eigenvalue weighted by molar-refractivity contribution is -0.266.